The summed E-state index contributed by atoms with van der Waals surface area (Å²) >= 11 is 0. The summed E-state index contributed by atoms with van der Waals surface area (Å²) in [5, 5.41) is 3.55. The van der Waals surface area contributed by atoms with Crippen molar-refractivity contribution >= 4 is 0 Å². The third-order valence-corrected chi connectivity index (χ3v) is 3.82. The molecular formula is C12H25FN2. The van der Waals surface area contributed by atoms with Crippen LogP contribution in [0.25, 0.3) is 0 Å². The maximum absolute atomic E-state index is 12.3. The fraction of sp³-hybridized carbons (Fsp3) is 1.00. The van der Waals surface area contributed by atoms with Gasteiger partial charge < -0.3 is 5.32 Å². The summed E-state index contributed by atoms with van der Waals surface area (Å²) < 4.78 is 12.3. The van der Waals surface area contributed by atoms with Crippen molar-refractivity contribution in [3.8, 4) is 0 Å². The molecule has 0 spiro atoms. The van der Waals surface area contributed by atoms with Crippen molar-refractivity contribution in [3.05, 3.63) is 0 Å². The number of rotatable bonds is 5. The first-order valence-electron chi connectivity index (χ1n) is 6.23. The summed E-state index contributed by atoms with van der Waals surface area (Å²) in [7, 11) is 0. The van der Waals surface area contributed by atoms with Gasteiger partial charge in [-0.15, -0.1) is 0 Å². The Morgan fingerprint density at radius 3 is 2.60 bits per heavy atom. The molecule has 1 saturated heterocycles. The van der Waals surface area contributed by atoms with Crippen LogP contribution in [-0.2, 0) is 0 Å². The van der Waals surface area contributed by atoms with E-state index in [9.17, 15) is 4.39 Å². The van der Waals surface area contributed by atoms with Gasteiger partial charge in [0.05, 0.1) is 6.67 Å². The van der Waals surface area contributed by atoms with E-state index in [-0.39, 0.29) is 12.2 Å². The zero-order chi connectivity index (χ0) is 11.3. The van der Waals surface area contributed by atoms with Gasteiger partial charge in [0.2, 0.25) is 0 Å². The molecule has 3 heteroatoms. The fourth-order valence-corrected chi connectivity index (χ4v) is 2.59. The molecule has 0 bridgehead atoms. The lowest BCUT2D eigenvalue weighted by Gasteiger charge is -2.49. The molecule has 2 nitrogen and oxygen atoms in total. The SMILES string of the molecule is CCC1(CC)CNC(C)CN1CCCF. The fourth-order valence-electron chi connectivity index (χ4n) is 2.59. The minimum Gasteiger partial charge on any atom is -0.311 e. The molecule has 1 heterocycles. The number of nitrogens with zero attached hydrogens (tertiary/aromatic N) is 1. The monoisotopic (exact) mass is 216 g/mol. The first-order valence-corrected chi connectivity index (χ1v) is 6.23. The van der Waals surface area contributed by atoms with Gasteiger partial charge in [-0.05, 0) is 26.2 Å². The van der Waals surface area contributed by atoms with E-state index in [2.05, 4.69) is 31.0 Å². The molecule has 0 radical (unpaired) electrons. The van der Waals surface area contributed by atoms with Gasteiger partial charge in [0.25, 0.3) is 0 Å². The molecule has 0 amide bonds. The lowest BCUT2D eigenvalue weighted by Crippen LogP contribution is -2.63. The van der Waals surface area contributed by atoms with Crippen LogP contribution in [0.5, 0.6) is 0 Å². The zero-order valence-corrected chi connectivity index (χ0v) is 10.4. The maximum atomic E-state index is 12.3. The first kappa shape index (κ1) is 12.9. The van der Waals surface area contributed by atoms with Gasteiger partial charge in [0.1, 0.15) is 0 Å². The van der Waals surface area contributed by atoms with Crippen LogP contribution >= 0.6 is 0 Å². The summed E-state index contributed by atoms with van der Waals surface area (Å²) in [6.45, 7) is 9.51. The molecule has 0 aliphatic carbocycles. The van der Waals surface area contributed by atoms with Crippen LogP contribution in [0.2, 0.25) is 0 Å². The largest absolute Gasteiger partial charge is 0.311 e. The third-order valence-electron chi connectivity index (χ3n) is 3.82. The maximum Gasteiger partial charge on any atom is 0.0906 e. The minimum absolute atomic E-state index is 0.193. The molecular weight excluding hydrogens is 191 g/mol. The van der Waals surface area contributed by atoms with E-state index in [4.69, 9.17) is 0 Å². The predicted molar refractivity (Wildman–Crippen MR) is 62.9 cm³/mol. The predicted octanol–water partition coefficient (Wildman–Crippen LogP) is 2.20. The average molecular weight is 216 g/mol. The second kappa shape index (κ2) is 5.80. The molecule has 15 heavy (non-hydrogen) atoms. The Labute approximate surface area is 93.2 Å². The molecule has 1 N–H and O–H groups in total. The molecule has 1 rings (SSSR count). The van der Waals surface area contributed by atoms with Crippen LogP contribution in [-0.4, -0.2) is 42.8 Å². The summed E-state index contributed by atoms with van der Waals surface area (Å²) in [5.41, 5.74) is 0.266. The molecule has 1 unspecified atom stereocenters. The van der Waals surface area contributed by atoms with Crippen molar-refractivity contribution in [2.45, 2.75) is 51.6 Å². The highest BCUT2D eigenvalue weighted by atomic mass is 19.1. The van der Waals surface area contributed by atoms with Crippen molar-refractivity contribution < 1.29 is 4.39 Å². The van der Waals surface area contributed by atoms with Crippen LogP contribution in [0.1, 0.15) is 40.0 Å². The van der Waals surface area contributed by atoms with E-state index in [0.717, 1.165) is 32.5 Å². The number of hydrogen-bond donors (Lipinski definition) is 1. The zero-order valence-electron chi connectivity index (χ0n) is 10.4. The molecule has 1 aliphatic rings. The molecule has 90 valence electrons. The Morgan fingerprint density at radius 2 is 2.07 bits per heavy atom. The van der Waals surface area contributed by atoms with Gasteiger partial charge in [-0.1, -0.05) is 13.8 Å². The van der Waals surface area contributed by atoms with Gasteiger partial charge >= 0.3 is 0 Å². The molecule has 0 aromatic rings. The van der Waals surface area contributed by atoms with Crippen molar-refractivity contribution in [1.29, 1.82) is 0 Å². The highest BCUT2D eigenvalue weighted by Crippen LogP contribution is 2.26. The van der Waals surface area contributed by atoms with Crippen LogP contribution < -0.4 is 5.32 Å². The summed E-state index contributed by atoms with van der Waals surface area (Å²) in [6.07, 6.45) is 2.97. The Balaban J connectivity index is 2.64. The Morgan fingerprint density at radius 1 is 1.40 bits per heavy atom. The topological polar surface area (TPSA) is 15.3 Å². The standard InChI is InChI=1S/C12H25FN2/c1-4-12(5-2)10-14-11(3)9-15(12)8-6-7-13/h11,14H,4-10H2,1-3H3. The number of halogens is 1. The van der Waals surface area contributed by atoms with Gasteiger partial charge in [-0.3, -0.25) is 9.29 Å². The summed E-state index contributed by atoms with van der Waals surface area (Å²) in [5.74, 6) is 0. The van der Waals surface area contributed by atoms with Crippen molar-refractivity contribution in [3.63, 3.8) is 0 Å². The van der Waals surface area contributed by atoms with E-state index < -0.39 is 0 Å². The molecule has 1 fully saturated rings. The lowest BCUT2D eigenvalue weighted by molar-refractivity contribution is 0.0327. The van der Waals surface area contributed by atoms with Gasteiger partial charge in [0, 0.05) is 31.2 Å². The van der Waals surface area contributed by atoms with Crippen molar-refractivity contribution in [1.82, 2.24) is 10.2 Å². The van der Waals surface area contributed by atoms with Gasteiger partial charge in [0.15, 0.2) is 0 Å². The minimum atomic E-state index is -0.193. The number of alkyl halides is 1. The van der Waals surface area contributed by atoms with Crippen molar-refractivity contribution in [2.24, 2.45) is 0 Å². The first-order chi connectivity index (χ1) is 7.18. The highest BCUT2D eigenvalue weighted by molar-refractivity contribution is 4.96. The Kier molecular flexibility index (Phi) is 5.00. The Bertz CT molecular complexity index is 180. The molecule has 0 saturated carbocycles. The molecule has 1 atom stereocenters. The van der Waals surface area contributed by atoms with E-state index in [1.165, 1.54) is 0 Å². The quantitative estimate of drug-likeness (QED) is 0.758. The van der Waals surface area contributed by atoms with Gasteiger partial charge in [-0.2, -0.15) is 0 Å². The van der Waals surface area contributed by atoms with E-state index in [0.29, 0.717) is 12.5 Å². The average Bonchev–Trinajstić information content (AvgIpc) is 2.27. The number of hydrogen-bond acceptors (Lipinski definition) is 2. The van der Waals surface area contributed by atoms with E-state index in [1.54, 1.807) is 0 Å². The van der Waals surface area contributed by atoms with Crippen LogP contribution in [0.3, 0.4) is 0 Å². The normalized spacial score (nSPS) is 26.8. The summed E-state index contributed by atoms with van der Waals surface area (Å²) in [4.78, 5) is 2.49. The van der Waals surface area contributed by atoms with Crippen LogP contribution in [0, 0.1) is 0 Å². The smallest absolute Gasteiger partial charge is 0.0906 e. The second-order valence-electron chi connectivity index (χ2n) is 4.70. The lowest BCUT2D eigenvalue weighted by atomic mass is 9.87. The molecule has 1 aliphatic heterocycles. The van der Waals surface area contributed by atoms with Crippen LogP contribution in [0.15, 0.2) is 0 Å². The number of piperazine rings is 1. The van der Waals surface area contributed by atoms with Crippen LogP contribution in [0.4, 0.5) is 4.39 Å². The Hall–Kier alpha value is -0.150. The van der Waals surface area contributed by atoms with Crippen molar-refractivity contribution in [2.75, 3.05) is 26.3 Å². The van der Waals surface area contributed by atoms with Gasteiger partial charge in [-0.25, -0.2) is 0 Å². The molecule has 0 aromatic carbocycles. The van der Waals surface area contributed by atoms with E-state index >= 15 is 0 Å². The molecule has 0 aromatic heterocycles. The highest BCUT2D eigenvalue weighted by Gasteiger charge is 2.37. The third kappa shape index (κ3) is 2.91. The second-order valence-corrected chi connectivity index (χ2v) is 4.70. The number of nitrogens with one attached hydrogen (secondary N) is 1. The van der Waals surface area contributed by atoms with E-state index in [1.807, 2.05) is 0 Å². The summed E-state index contributed by atoms with van der Waals surface area (Å²) in [6, 6.07) is 0.538.